The van der Waals surface area contributed by atoms with Crippen molar-refractivity contribution in [1.82, 2.24) is 5.43 Å². The van der Waals surface area contributed by atoms with E-state index in [-0.39, 0.29) is 5.91 Å². The third-order valence-corrected chi connectivity index (χ3v) is 4.24. The Hall–Kier alpha value is -3.34. The highest BCUT2D eigenvalue weighted by atomic mass is 16.3. The maximum Gasteiger partial charge on any atom is 0.271 e. The zero-order valence-electron chi connectivity index (χ0n) is 13.6. The van der Waals surface area contributed by atoms with Gasteiger partial charge in [-0.2, -0.15) is 5.10 Å². The highest BCUT2D eigenvalue weighted by Gasteiger charge is 2.18. The van der Waals surface area contributed by atoms with Gasteiger partial charge in [-0.3, -0.25) is 4.79 Å². The first kappa shape index (κ1) is 15.2. The second kappa shape index (κ2) is 6.65. The summed E-state index contributed by atoms with van der Waals surface area (Å²) in [6.45, 7) is 1.80. The molecule has 1 amide bonds. The summed E-state index contributed by atoms with van der Waals surface area (Å²) in [5.74, 6) is 0.336. The molecule has 1 N–H and O–H groups in total. The van der Waals surface area contributed by atoms with Gasteiger partial charge in [-0.25, -0.2) is 5.43 Å². The van der Waals surface area contributed by atoms with E-state index in [4.69, 9.17) is 4.42 Å². The van der Waals surface area contributed by atoms with E-state index in [1.54, 1.807) is 18.4 Å². The Labute approximate surface area is 145 Å². The number of rotatable bonds is 4. The Bertz CT molecular complexity index is 874. The number of hydrogen-bond acceptors (Lipinski definition) is 4. The van der Waals surface area contributed by atoms with Gasteiger partial charge in [-0.15, -0.1) is 0 Å². The molecule has 2 heterocycles. The molecule has 124 valence electrons. The van der Waals surface area contributed by atoms with Gasteiger partial charge in [0, 0.05) is 24.3 Å². The first-order valence-corrected chi connectivity index (χ1v) is 8.08. The summed E-state index contributed by atoms with van der Waals surface area (Å²) in [5.41, 5.74) is 6.88. The summed E-state index contributed by atoms with van der Waals surface area (Å²) >= 11 is 0. The van der Waals surface area contributed by atoms with Gasteiger partial charge in [0.05, 0.1) is 12.5 Å². The van der Waals surface area contributed by atoms with Crippen LogP contribution >= 0.6 is 0 Å². The van der Waals surface area contributed by atoms with Crippen LogP contribution in [-0.4, -0.2) is 12.1 Å². The van der Waals surface area contributed by atoms with Gasteiger partial charge in [0.1, 0.15) is 5.76 Å². The third-order valence-electron chi connectivity index (χ3n) is 4.24. The fourth-order valence-electron chi connectivity index (χ4n) is 2.92. The second-order valence-corrected chi connectivity index (χ2v) is 5.89. The van der Waals surface area contributed by atoms with Gasteiger partial charge in [-0.1, -0.05) is 24.3 Å². The molecule has 3 aromatic rings. The van der Waals surface area contributed by atoms with Crippen molar-refractivity contribution in [3.63, 3.8) is 0 Å². The van der Waals surface area contributed by atoms with E-state index in [9.17, 15) is 4.79 Å². The Balaban J connectivity index is 1.40. The molecule has 0 saturated carbocycles. The summed E-state index contributed by atoms with van der Waals surface area (Å²) in [5, 5.41) is 3.89. The first-order valence-electron chi connectivity index (χ1n) is 8.08. The Kier molecular flexibility index (Phi) is 4.04. The quantitative estimate of drug-likeness (QED) is 0.587. The van der Waals surface area contributed by atoms with Gasteiger partial charge in [0.15, 0.2) is 0 Å². The summed E-state index contributed by atoms with van der Waals surface area (Å²) in [6.07, 6.45) is 3.02. The minimum absolute atomic E-state index is 0.251. The zero-order valence-corrected chi connectivity index (χ0v) is 13.6. The van der Waals surface area contributed by atoms with Crippen LogP contribution in [-0.2, 0) is 13.1 Å². The highest BCUT2D eigenvalue weighted by molar-refractivity contribution is 5.95. The van der Waals surface area contributed by atoms with Crippen molar-refractivity contribution in [2.75, 3.05) is 4.90 Å². The summed E-state index contributed by atoms with van der Waals surface area (Å²) in [6, 6.07) is 19.6. The predicted molar refractivity (Wildman–Crippen MR) is 96.5 cm³/mol. The van der Waals surface area contributed by atoms with Crippen LogP contribution in [0, 0.1) is 0 Å². The number of nitrogens with one attached hydrogen (secondary N) is 1. The molecule has 1 aliphatic rings. The standard InChI is InChI=1S/C20H17N3O2/c24-20(22-21-12-19-6-3-11-25-19)15-7-9-18(10-8-15)23-13-16-4-1-2-5-17(16)14-23/h1-12H,13-14H2,(H,22,24)/b21-12-. The van der Waals surface area contributed by atoms with Crippen molar-refractivity contribution in [3.8, 4) is 0 Å². The molecular formula is C20H17N3O2. The van der Waals surface area contributed by atoms with Crippen molar-refractivity contribution >= 4 is 17.8 Å². The molecule has 25 heavy (non-hydrogen) atoms. The van der Waals surface area contributed by atoms with Crippen LogP contribution in [0.15, 0.2) is 76.4 Å². The fraction of sp³-hybridized carbons (Fsp3) is 0.100. The van der Waals surface area contributed by atoms with Crippen molar-refractivity contribution in [3.05, 3.63) is 89.4 Å². The Morgan fingerprint density at radius 1 is 1.00 bits per heavy atom. The van der Waals surface area contributed by atoms with Gasteiger partial charge in [0.2, 0.25) is 0 Å². The van der Waals surface area contributed by atoms with E-state index in [0.29, 0.717) is 11.3 Å². The number of fused-ring (bicyclic) bond motifs is 1. The predicted octanol–water partition coefficient (Wildman–Crippen LogP) is 3.56. The third kappa shape index (κ3) is 3.30. The smallest absolute Gasteiger partial charge is 0.271 e. The van der Waals surface area contributed by atoms with E-state index >= 15 is 0 Å². The van der Waals surface area contributed by atoms with Crippen molar-refractivity contribution in [2.45, 2.75) is 13.1 Å². The van der Waals surface area contributed by atoms with Gasteiger partial charge in [-0.05, 0) is 47.5 Å². The lowest BCUT2D eigenvalue weighted by Gasteiger charge is -2.17. The number of carbonyl (C=O) groups is 1. The molecule has 0 atom stereocenters. The van der Waals surface area contributed by atoms with Gasteiger partial charge in [0.25, 0.3) is 5.91 Å². The molecule has 1 aliphatic heterocycles. The molecule has 4 rings (SSSR count). The molecule has 0 fully saturated rings. The lowest BCUT2D eigenvalue weighted by atomic mass is 10.1. The Morgan fingerprint density at radius 2 is 1.72 bits per heavy atom. The van der Waals surface area contributed by atoms with Gasteiger partial charge < -0.3 is 9.32 Å². The number of anilines is 1. The van der Waals surface area contributed by atoms with Crippen molar-refractivity contribution < 1.29 is 9.21 Å². The van der Waals surface area contributed by atoms with E-state index in [2.05, 4.69) is 39.7 Å². The van der Waals surface area contributed by atoms with Crippen LogP contribution in [0.25, 0.3) is 0 Å². The largest absolute Gasteiger partial charge is 0.463 e. The van der Waals surface area contributed by atoms with Crippen LogP contribution in [0.3, 0.4) is 0 Å². The number of hydrazone groups is 1. The molecule has 2 aromatic carbocycles. The topological polar surface area (TPSA) is 57.8 Å². The number of carbonyl (C=O) groups excluding carboxylic acids is 1. The van der Waals surface area contributed by atoms with Gasteiger partial charge >= 0.3 is 0 Å². The van der Waals surface area contributed by atoms with Crippen LogP contribution in [0.2, 0.25) is 0 Å². The van der Waals surface area contributed by atoms with E-state index in [0.717, 1.165) is 18.8 Å². The SMILES string of the molecule is O=C(N/N=C\c1ccco1)c1ccc(N2Cc3ccccc3C2)cc1. The second-order valence-electron chi connectivity index (χ2n) is 5.89. The fourth-order valence-corrected chi connectivity index (χ4v) is 2.92. The minimum atomic E-state index is -0.251. The molecule has 0 saturated heterocycles. The van der Waals surface area contributed by atoms with Crippen LogP contribution in [0.4, 0.5) is 5.69 Å². The summed E-state index contributed by atoms with van der Waals surface area (Å²) in [4.78, 5) is 14.4. The number of hydrogen-bond donors (Lipinski definition) is 1. The summed E-state index contributed by atoms with van der Waals surface area (Å²) in [7, 11) is 0. The lowest BCUT2D eigenvalue weighted by molar-refractivity contribution is 0.0955. The maximum atomic E-state index is 12.1. The first-order chi connectivity index (χ1) is 12.3. The van der Waals surface area contributed by atoms with E-state index in [1.807, 2.05) is 24.3 Å². The van der Waals surface area contributed by atoms with Crippen LogP contribution < -0.4 is 10.3 Å². The molecule has 0 unspecified atom stereocenters. The molecule has 0 bridgehead atoms. The molecular weight excluding hydrogens is 314 g/mol. The minimum Gasteiger partial charge on any atom is -0.463 e. The van der Waals surface area contributed by atoms with Crippen LogP contribution in [0.1, 0.15) is 27.2 Å². The van der Waals surface area contributed by atoms with Crippen molar-refractivity contribution in [1.29, 1.82) is 0 Å². The highest BCUT2D eigenvalue weighted by Crippen LogP contribution is 2.28. The average Bonchev–Trinajstić information content (AvgIpc) is 3.31. The molecule has 0 aliphatic carbocycles. The monoisotopic (exact) mass is 331 g/mol. The Morgan fingerprint density at radius 3 is 2.36 bits per heavy atom. The normalized spacial score (nSPS) is 13.2. The molecule has 5 heteroatoms. The zero-order chi connectivity index (χ0) is 17.1. The number of nitrogens with zero attached hydrogens (tertiary/aromatic N) is 2. The number of amides is 1. The summed E-state index contributed by atoms with van der Waals surface area (Å²) < 4.78 is 5.11. The molecule has 5 nitrogen and oxygen atoms in total. The van der Waals surface area contributed by atoms with E-state index < -0.39 is 0 Å². The number of furan rings is 1. The van der Waals surface area contributed by atoms with Crippen LogP contribution in [0.5, 0.6) is 0 Å². The average molecular weight is 331 g/mol. The lowest BCUT2D eigenvalue weighted by Crippen LogP contribution is -2.18. The maximum absolute atomic E-state index is 12.1. The molecule has 0 spiro atoms. The molecule has 0 radical (unpaired) electrons. The van der Waals surface area contributed by atoms with Crippen molar-refractivity contribution in [2.24, 2.45) is 5.10 Å². The van der Waals surface area contributed by atoms with E-state index in [1.165, 1.54) is 17.3 Å². The molecule has 1 aromatic heterocycles. The number of benzene rings is 2.